The Bertz CT molecular complexity index is 272. The van der Waals surface area contributed by atoms with Crippen LogP contribution in [0.1, 0.15) is 27.2 Å². The van der Waals surface area contributed by atoms with Crippen LogP contribution < -0.4 is 0 Å². The first-order chi connectivity index (χ1) is 6.78. The molecule has 0 aromatic carbocycles. The molecular formula is C10H17NO3S. The van der Waals surface area contributed by atoms with E-state index in [2.05, 4.69) is 0 Å². The third-order valence-electron chi connectivity index (χ3n) is 2.09. The molecule has 1 amide bonds. The van der Waals surface area contributed by atoms with E-state index in [0.717, 1.165) is 0 Å². The molecule has 0 bridgehead atoms. The number of hydrogen-bond acceptors (Lipinski definition) is 4. The molecule has 1 saturated heterocycles. The summed E-state index contributed by atoms with van der Waals surface area (Å²) in [5, 5.41) is 9.69. The summed E-state index contributed by atoms with van der Waals surface area (Å²) in [7, 11) is 0. The van der Waals surface area contributed by atoms with Crippen LogP contribution in [0.2, 0.25) is 0 Å². The first-order valence-corrected chi connectivity index (χ1v) is 5.83. The molecule has 86 valence electrons. The van der Waals surface area contributed by atoms with E-state index in [0.29, 0.717) is 19.5 Å². The molecule has 1 fully saturated rings. The van der Waals surface area contributed by atoms with E-state index in [1.165, 1.54) is 18.7 Å². The minimum Gasteiger partial charge on any atom is -0.389 e. The third kappa shape index (κ3) is 4.22. The second-order valence-electron chi connectivity index (χ2n) is 4.52. The molecule has 0 aliphatic carbocycles. The van der Waals surface area contributed by atoms with Gasteiger partial charge in [0.2, 0.25) is 5.91 Å². The fourth-order valence-electron chi connectivity index (χ4n) is 1.67. The van der Waals surface area contributed by atoms with Crippen molar-refractivity contribution in [3.63, 3.8) is 0 Å². The Morgan fingerprint density at radius 3 is 2.73 bits per heavy atom. The van der Waals surface area contributed by atoms with Gasteiger partial charge in [-0.1, -0.05) is 11.8 Å². The molecule has 5 heteroatoms. The molecule has 0 aromatic rings. The van der Waals surface area contributed by atoms with Crippen molar-refractivity contribution in [1.82, 2.24) is 4.90 Å². The van der Waals surface area contributed by atoms with Gasteiger partial charge >= 0.3 is 0 Å². The fraction of sp³-hybridized carbons (Fsp3) is 0.800. The molecule has 1 rings (SSSR count). The number of amides is 1. The van der Waals surface area contributed by atoms with Crippen molar-refractivity contribution in [2.45, 2.75) is 38.0 Å². The number of carbonyl (C=O) groups excluding carboxylic acids is 2. The zero-order valence-electron chi connectivity index (χ0n) is 9.32. The Labute approximate surface area is 94.0 Å². The lowest BCUT2D eigenvalue weighted by atomic mass is 10.1. The fourth-order valence-corrected chi connectivity index (χ4v) is 2.62. The first-order valence-electron chi connectivity index (χ1n) is 4.95. The largest absolute Gasteiger partial charge is 0.389 e. The first kappa shape index (κ1) is 12.5. The molecule has 1 unspecified atom stereocenters. The molecule has 1 aliphatic heterocycles. The zero-order chi connectivity index (χ0) is 11.6. The molecule has 0 saturated carbocycles. The van der Waals surface area contributed by atoms with Crippen LogP contribution in [-0.2, 0) is 9.59 Å². The lowest BCUT2D eigenvalue weighted by Crippen LogP contribution is -2.39. The Balaban J connectivity index is 2.50. The number of carbonyl (C=O) groups is 2. The van der Waals surface area contributed by atoms with Crippen molar-refractivity contribution in [1.29, 1.82) is 0 Å². The molecule has 15 heavy (non-hydrogen) atoms. The predicted molar refractivity (Wildman–Crippen MR) is 59.6 cm³/mol. The Kier molecular flexibility index (Phi) is 3.78. The summed E-state index contributed by atoms with van der Waals surface area (Å²) in [6, 6.07) is 0. The average molecular weight is 231 g/mol. The second-order valence-corrected chi connectivity index (χ2v) is 6.00. The maximum Gasteiger partial charge on any atom is 0.223 e. The zero-order valence-corrected chi connectivity index (χ0v) is 10.1. The smallest absolute Gasteiger partial charge is 0.223 e. The van der Waals surface area contributed by atoms with Crippen molar-refractivity contribution >= 4 is 22.8 Å². The lowest BCUT2D eigenvalue weighted by molar-refractivity contribution is -0.130. The van der Waals surface area contributed by atoms with E-state index < -0.39 is 5.60 Å². The Hall–Kier alpha value is -0.550. The number of thioether (sulfide) groups is 1. The molecule has 4 nitrogen and oxygen atoms in total. The van der Waals surface area contributed by atoms with Gasteiger partial charge in [-0.3, -0.25) is 9.59 Å². The van der Waals surface area contributed by atoms with Crippen molar-refractivity contribution in [2.75, 3.05) is 13.1 Å². The van der Waals surface area contributed by atoms with E-state index in [1.807, 2.05) is 0 Å². The molecule has 0 radical (unpaired) electrons. The number of aliphatic hydroxyl groups is 1. The van der Waals surface area contributed by atoms with Crippen molar-refractivity contribution < 1.29 is 14.7 Å². The van der Waals surface area contributed by atoms with Gasteiger partial charge in [-0.2, -0.15) is 0 Å². The molecular weight excluding hydrogens is 214 g/mol. The van der Waals surface area contributed by atoms with Crippen molar-refractivity contribution in [3.05, 3.63) is 0 Å². The van der Waals surface area contributed by atoms with Crippen LogP contribution >= 0.6 is 11.8 Å². The minimum atomic E-state index is -0.870. The quantitative estimate of drug-likeness (QED) is 0.774. The van der Waals surface area contributed by atoms with Gasteiger partial charge in [0, 0.05) is 31.7 Å². The van der Waals surface area contributed by atoms with Gasteiger partial charge in [0.25, 0.3) is 0 Å². The summed E-state index contributed by atoms with van der Waals surface area (Å²) in [5.41, 5.74) is -0.870. The normalized spacial score (nSPS) is 22.3. The van der Waals surface area contributed by atoms with Gasteiger partial charge in [-0.25, -0.2) is 0 Å². The van der Waals surface area contributed by atoms with E-state index >= 15 is 0 Å². The summed E-state index contributed by atoms with van der Waals surface area (Å²) in [4.78, 5) is 24.0. The number of β-amino-alcohol motifs (C(OH)–C–C–N with tert-alkyl or cyclic N) is 1. The summed E-state index contributed by atoms with van der Waals surface area (Å²) < 4.78 is 0. The van der Waals surface area contributed by atoms with Crippen molar-refractivity contribution in [3.8, 4) is 0 Å². The molecule has 1 N–H and O–H groups in total. The monoisotopic (exact) mass is 231 g/mol. The SMILES string of the molecule is CC(=O)SC1CC(=O)N(CC(C)(C)O)C1. The maximum atomic E-state index is 11.5. The highest BCUT2D eigenvalue weighted by atomic mass is 32.2. The summed E-state index contributed by atoms with van der Waals surface area (Å²) in [6.07, 6.45) is 0.403. The van der Waals surface area contributed by atoms with Crippen molar-refractivity contribution in [2.24, 2.45) is 0 Å². The van der Waals surface area contributed by atoms with Crippen LogP contribution in [0.5, 0.6) is 0 Å². The number of hydrogen-bond donors (Lipinski definition) is 1. The second kappa shape index (κ2) is 4.53. The van der Waals surface area contributed by atoms with E-state index in [-0.39, 0.29) is 16.3 Å². The summed E-state index contributed by atoms with van der Waals surface area (Å²) >= 11 is 1.21. The van der Waals surface area contributed by atoms with Gasteiger partial charge < -0.3 is 10.0 Å². The topological polar surface area (TPSA) is 57.6 Å². The van der Waals surface area contributed by atoms with Gasteiger partial charge in [0.05, 0.1) is 5.60 Å². The average Bonchev–Trinajstić information content (AvgIpc) is 2.26. The van der Waals surface area contributed by atoms with Crippen LogP contribution in [0.15, 0.2) is 0 Å². The number of rotatable bonds is 3. The van der Waals surface area contributed by atoms with E-state index in [1.54, 1.807) is 18.7 Å². The predicted octanol–water partition coefficient (Wildman–Crippen LogP) is 0.638. The molecule has 0 aromatic heterocycles. The van der Waals surface area contributed by atoms with Gasteiger partial charge in [-0.15, -0.1) is 0 Å². The third-order valence-corrected chi connectivity index (χ3v) is 3.07. The van der Waals surface area contributed by atoms with Gasteiger partial charge in [0.15, 0.2) is 5.12 Å². The van der Waals surface area contributed by atoms with Crippen LogP contribution in [-0.4, -0.2) is 45.0 Å². The molecule has 1 aliphatic rings. The maximum absolute atomic E-state index is 11.5. The van der Waals surface area contributed by atoms with Crippen LogP contribution in [0.3, 0.4) is 0 Å². The summed E-state index contributed by atoms with van der Waals surface area (Å²) in [5.74, 6) is 0.0240. The summed E-state index contributed by atoms with van der Waals surface area (Å²) in [6.45, 7) is 5.75. The van der Waals surface area contributed by atoms with Crippen LogP contribution in [0.4, 0.5) is 0 Å². The number of likely N-dealkylation sites (tertiary alicyclic amines) is 1. The molecule has 1 atom stereocenters. The van der Waals surface area contributed by atoms with E-state index in [9.17, 15) is 14.7 Å². The molecule has 0 spiro atoms. The highest BCUT2D eigenvalue weighted by molar-refractivity contribution is 8.14. The van der Waals surface area contributed by atoms with Gasteiger partial charge in [0.1, 0.15) is 0 Å². The Morgan fingerprint density at radius 1 is 1.67 bits per heavy atom. The van der Waals surface area contributed by atoms with E-state index in [4.69, 9.17) is 0 Å². The highest BCUT2D eigenvalue weighted by Crippen LogP contribution is 2.25. The molecule has 1 heterocycles. The Morgan fingerprint density at radius 2 is 2.27 bits per heavy atom. The number of nitrogens with zero attached hydrogens (tertiary/aromatic N) is 1. The highest BCUT2D eigenvalue weighted by Gasteiger charge is 2.33. The van der Waals surface area contributed by atoms with Gasteiger partial charge in [-0.05, 0) is 13.8 Å². The lowest BCUT2D eigenvalue weighted by Gasteiger charge is -2.25. The minimum absolute atomic E-state index is 0.0240. The van der Waals surface area contributed by atoms with Crippen LogP contribution in [0.25, 0.3) is 0 Å². The van der Waals surface area contributed by atoms with Crippen LogP contribution in [0, 0.1) is 0 Å². The standard InChI is InChI=1S/C10H17NO3S/c1-7(12)15-8-4-9(13)11(5-8)6-10(2,3)14/h8,14H,4-6H2,1-3H3.